The van der Waals surface area contributed by atoms with E-state index in [-0.39, 0.29) is 11.5 Å². The smallest absolute Gasteiger partial charge is 0.343 e. The molecule has 2 heterocycles. The lowest BCUT2D eigenvalue weighted by Gasteiger charge is -2.10. The monoisotopic (exact) mass is 325 g/mol. The Bertz CT molecular complexity index is 928. The molecular formula is C18H16FN3O2. The van der Waals surface area contributed by atoms with Crippen LogP contribution in [0.2, 0.25) is 0 Å². The van der Waals surface area contributed by atoms with Gasteiger partial charge in [-0.15, -0.1) is 0 Å². The number of halogens is 1. The highest BCUT2D eigenvalue weighted by Crippen LogP contribution is 2.29. The van der Waals surface area contributed by atoms with Gasteiger partial charge in [-0.05, 0) is 54.3 Å². The van der Waals surface area contributed by atoms with Crippen molar-refractivity contribution in [3.8, 4) is 17.1 Å². The van der Waals surface area contributed by atoms with Gasteiger partial charge >= 0.3 is 5.69 Å². The standard InChI is InChI=1S/C18H16FN3O2/c19-14-5-3-12(4-6-14)11-24-15-7-8-16-13(10-15)2-1-9-22-17(16)20-21-18(22)23/h3-8,10H,1-2,9,11H2,(H,21,23). The molecule has 4 rings (SSSR count). The molecule has 3 aromatic rings. The van der Waals surface area contributed by atoms with Gasteiger partial charge in [-0.1, -0.05) is 12.1 Å². The number of aromatic amines is 1. The van der Waals surface area contributed by atoms with E-state index in [4.69, 9.17) is 4.74 Å². The van der Waals surface area contributed by atoms with E-state index in [0.29, 0.717) is 19.0 Å². The Morgan fingerprint density at radius 2 is 2.04 bits per heavy atom. The van der Waals surface area contributed by atoms with Crippen molar-refractivity contribution in [2.75, 3.05) is 0 Å². The molecule has 24 heavy (non-hydrogen) atoms. The summed E-state index contributed by atoms with van der Waals surface area (Å²) in [7, 11) is 0. The zero-order chi connectivity index (χ0) is 16.5. The summed E-state index contributed by atoms with van der Waals surface area (Å²) in [6.45, 7) is 1.04. The van der Waals surface area contributed by atoms with E-state index in [1.54, 1.807) is 16.7 Å². The van der Waals surface area contributed by atoms with Crippen molar-refractivity contribution < 1.29 is 9.13 Å². The van der Waals surface area contributed by atoms with Gasteiger partial charge in [0.05, 0.1) is 0 Å². The summed E-state index contributed by atoms with van der Waals surface area (Å²) in [6, 6.07) is 12.1. The highest BCUT2D eigenvalue weighted by Gasteiger charge is 2.18. The molecule has 0 saturated carbocycles. The molecule has 0 saturated heterocycles. The van der Waals surface area contributed by atoms with Crippen molar-refractivity contribution in [1.29, 1.82) is 0 Å². The third-order valence-electron chi connectivity index (χ3n) is 4.22. The summed E-state index contributed by atoms with van der Waals surface area (Å²) < 4.78 is 20.4. The Kier molecular flexibility index (Phi) is 3.65. The second-order valence-corrected chi connectivity index (χ2v) is 5.84. The van der Waals surface area contributed by atoms with Gasteiger partial charge in [0, 0.05) is 12.1 Å². The number of rotatable bonds is 3. The number of benzene rings is 2. The number of ether oxygens (including phenoxy) is 1. The van der Waals surface area contributed by atoms with Crippen LogP contribution in [0.15, 0.2) is 47.3 Å². The number of aryl methyl sites for hydroxylation is 1. The lowest BCUT2D eigenvalue weighted by Crippen LogP contribution is -2.16. The molecule has 0 radical (unpaired) electrons. The molecule has 1 aliphatic rings. The van der Waals surface area contributed by atoms with Crippen LogP contribution in [0.3, 0.4) is 0 Å². The lowest BCUT2D eigenvalue weighted by molar-refractivity contribution is 0.306. The zero-order valence-corrected chi connectivity index (χ0v) is 13.0. The maximum Gasteiger partial charge on any atom is 0.343 e. The van der Waals surface area contributed by atoms with Crippen LogP contribution in [0.25, 0.3) is 11.4 Å². The highest BCUT2D eigenvalue weighted by atomic mass is 19.1. The molecule has 0 amide bonds. The SMILES string of the molecule is O=c1[nH]nc2n1CCCc1cc(OCc3ccc(F)cc3)ccc1-2. The van der Waals surface area contributed by atoms with Crippen LogP contribution >= 0.6 is 0 Å². The normalized spacial score (nSPS) is 13.0. The molecule has 0 aliphatic carbocycles. The average molecular weight is 325 g/mol. The third kappa shape index (κ3) is 2.71. The fourth-order valence-electron chi connectivity index (χ4n) is 2.99. The van der Waals surface area contributed by atoms with Crippen LogP contribution in [0.1, 0.15) is 17.5 Å². The first kappa shape index (κ1) is 14.7. The largest absolute Gasteiger partial charge is 0.489 e. The van der Waals surface area contributed by atoms with Gasteiger partial charge in [-0.25, -0.2) is 14.3 Å². The van der Waals surface area contributed by atoms with Crippen molar-refractivity contribution in [2.24, 2.45) is 0 Å². The van der Waals surface area contributed by atoms with Crippen molar-refractivity contribution in [2.45, 2.75) is 26.0 Å². The van der Waals surface area contributed by atoms with Gasteiger partial charge in [0.1, 0.15) is 18.2 Å². The molecule has 5 nitrogen and oxygen atoms in total. The summed E-state index contributed by atoms with van der Waals surface area (Å²) in [5.74, 6) is 1.18. The summed E-state index contributed by atoms with van der Waals surface area (Å²) in [5, 5.41) is 6.65. The number of nitrogens with zero attached hydrogens (tertiary/aromatic N) is 2. The van der Waals surface area contributed by atoms with Gasteiger partial charge < -0.3 is 4.74 Å². The van der Waals surface area contributed by atoms with Crippen LogP contribution in [0, 0.1) is 5.82 Å². The van der Waals surface area contributed by atoms with Crippen LogP contribution in [0.5, 0.6) is 5.75 Å². The fourth-order valence-corrected chi connectivity index (χ4v) is 2.99. The minimum atomic E-state index is -0.256. The summed E-state index contributed by atoms with van der Waals surface area (Å²) in [5.41, 5.74) is 2.81. The van der Waals surface area contributed by atoms with Gasteiger partial charge in [0.2, 0.25) is 0 Å². The maximum atomic E-state index is 12.9. The van der Waals surface area contributed by atoms with Gasteiger partial charge in [0.25, 0.3) is 0 Å². The molecule has 6 heteroatoms. The predicted octanol–water partition coefficient (Wildman–Crippen LogP) is 2.90. The minimum Gasteiger partial charge on any atom is -0.489 e. The van der Waals surface area contributed by atoms with E-state index in [1.807, 2.05) is 18.2 Å². The first-order chi connectivity index (χ1) is 11.7. The van der Waals surface area contributed by atoms with E-state index in [9.17, 15) is 9.18 Å². The van der Waals surface area contributed by atoms with Crippen molar-refractivity contribution in [3.63, 3.8) is 0 Å². The predicted molar refractivity (Wildman–Crippen MR) is 87.3 cm³/mol. The molecule has 122 valence electrons. The Labute approximate surface area is 137 Å². The Balaban J connectivity index is 1.58. The molecule has 0 spiro atoms. The second kappa shape index (κ2) is 5.96. The molecule has 1 aliphatic heterocycles. The zero-order valence-electron chi connectivity index (χ0n) is 13.0. The molecule has 0 fully saturated rings. The Hall–Kier alpha value is -2.89. The van der Waals surface area contributed by atoms with Gasteiger partial charge in [0.15, 0.2) is 5.82 Å². The van der Waals surface area contributed by atoms with E-state index in [2.05, 4.69) is 10.2 Å². The molecule has 1 N–H and O–H groups in total. The van der Waals surface area contributed by atoms with E-state index in [1.165, 1.54) is 12.1 Å². The van der Waals surface area contributed by atoms with Crippen molar-refractivity contribution >= 4 is 0 Å². The summed E-state index contributed by atoms with van der Waals surface area (Å²) in [6.07, 6.45) is 1.74. The topological polar surface area (TPSA) is 59.9 Å². The minimum absolute atomic E-state index is 0.172. The highest BCUT2D eigenvalue weighted by molar-refractivity contribution is 5.62. The first-order valence-electron chi connectivity index (χ1n) is 7.86. The lowest BCUT2D eigenvalue weighted by atomic mass is 10.0. The van der Waals surface area contributed by atoms with Crippen LogP contribution < -0.4 is 10.4 Å². The first-order valence-corrected chi connectivity index (χ1v) is 7.86. The molecule has 0 unspecified atom stereocenters. The van der Waals surface area contributed by atoms with E-state index in [0.717, 1.165) is 35.3 Å². The van der Waals surface area contributed by atoms with Crippen LogP contribution in [0.4, 0.5) is 4.39 Å². The quantitative estimate of drug-likeness (QED) is 0.805. The molecule has 2 aromatic carbocycles. The number of nitrogens with one attached hydrogen (secondary N) is 1. The van der Waals surface area contributed by atoms with Crippen molar-refractivity contribution in [1.82, 2.24) is 14.8 Å². The summed E-state index contributed by atoms with van der Waals surface area (Å²) >= 11 is 0. The van der Waals surface area contributed by atoms with Gasteiger partial charge in [-0.3, -0.25) is 4.57 Å². The fraction of sp³-hybridized carbons (Fsp3) is 0.222. The molecule has 0 bridgehead atoms. The Morgan fingerprint density at radius 3 is 2.88 bits per heavy atom. The number of aromatic nitrogens is 3. The Morgan fingerprint density at radius 1 is 1.21 bits per heavy atom. The van der Waals surface area contributed by atoms with E-state index < -0.39 is 0 Å². The van der Waals surface area contributed by atoms with E-state index >= 15 is 0 Å². The number of H-pyrrole nitrogens is 1. The number of hydrogen-bond donors (Lipinski definition) is 1. The maximum absolute atomic E-state index is 12.9. The third-order valence-corrected chi connectivity index (χ3v) is 4.22. The van der Waals surface area contributed by atoms with Crippen molar-refractivity contribution in [3.05, 3.63) is 69.9 Å². The molecule has 1 aromatic heterocycles. The average Bonchev–Trinajstić information content (AvgIpc) is 2.85. The number of hydrogen-bond acceptors (Lipinski definition) is 3. The molecule has 0 atom stereocenters. The number of fused-ring (bicyclic) bond motifs is 3. The van der Waals surface area contributed by atoms with Gasteiger partial charge in [-0.2, -0.15) is 5.10 Å². The summed E-state index contributed by atoms with van der Waals surface area (Å²) in [4.78, 5) is 11.8. The van der Waals surface area contributed by atoms with Crippen LogP contribution in [-0.4, -0.2) is 14.8 Å². The van der Waals surface area contributed by atoms with Crippen LogP contribution in [-0.2, 0) is 19.6 Å². The second-order valence-electron chi connectivity index (χ2n) is 5.84. The molecular weight excluding hydrogens is 309 g/mol.